The minimum atomic E-state index is -4.02. The molecule has 29 heavy (non-hydrogen) atoms. The first-order valence-electron chi connectivity index (χ1n) is 8.49. The van der Waals surface area contributed by atoms with Gasteiger partial charge in [0, 0.05) is 17.1 Å². The van der Waals surface area contributed by atoms with Crippen molar-refractivity contribution in [3.8, 4) is 28.9 Å². The number of hydrogen-bond donors (Lipinski definition) is 0. The third-order valence-corrected chi connectivity index (χ3v) is 6.15. The van der Waals surface area contributed by atoms with Crippen LogP contribution in [0, 0.1) is 0 Å². The highest BCUT2D eigenvalue weighted by Gasteiger charge is 2.27. The van der Waals surface area contributed by atoms with Crippen molar-refractivity contribution < 1.29 is 27.4 Å². The van der Waals surface area contributed by atoms with Gasteiger partial charge in [-0.15, -0.1) is 4.09 Å². The second-order valence-electron chi connectivity index (χ2n) is 5.93. The van der Waals surface area contributed by atoms with Gasteiger partial charge < -0.3 is 18.9 Å². The van der Waals surface area contributed by atoms with Crippen LogP contribution in [0.1, 0.15) is 0 Å². The molecule has 1 aliphatic heterocycles. The molecule has 0 radical (unpaired) electrons. The molecule has 2 heterocycles. The number of benzene rings is 2. The fourth-order valence-electron chi connectivity index (χ4n) is 2.64. The van der Waals surface area contributed by atoms with Gasteiger partial charge >= 0.3 is 6.01 Å². The molecule has 0 N–H and O–H groups in total. The van der Waals surface area contributed by atoms with Crippen LogP contribution in [-0.4, -0.2) is 49.7 Å². The summed E-state index contributed by atoms with van der Waals surface area (Å²) in [6, 6.07) is 11.2. The minimum absolute atomic E-state index is 0.0658. The lowest BCUT2D eigenvalue weighted by molar-refractivity contribution is 0.141. The van der Waals surface area contributed by atoms with Crippen LogP contribution >= 0.6 is 15.9 Å². The zero-order valence-corrected chi connectivity index (χ0v) is 17.6. The molecule has 0 spiro atoms. The van der Waals surface area contributed by atoms with Crippen molar-refractivity contribution in [2.24, 2.45) is 0 Å². The van der Waals surface area contributed by atoms with E-state index in [0.717, 1.165) is 8.56 Å². The molecule has 9 nitrogen and oxygen atoms in total. The maximum atomic E-state index is 13.2. The number of hydrogen-bond acceptors (Lipinski definition) is 8. The molecule has 0 aliphatic carbocycles. The summed E-state index contributed by atoms with van der Waals surface area (Å²) in [5.74, 6) is 1.17. The van der Waals surface area contributed by atoms with Crippen molar-refractivity contribution in [1.29, 1.82) is 0 Å². The molecule has 0 unspecified atom stereocenters. The number of halogens is 1. The molecule has 0 fully saturated rings. The van der Waals surface area contributed by atoms with E-state index in [0.29, 0.717) is 23.7 Å². The summed E-state index contributed by atoms with van der Waals surface area (Å²) in [6.45, 7) is 0.598. The van der Waals surface area contributed by atoms with Crippen LogP contribution in [0.4, 0.5) is 0 Å². The van der Waals surface area contributed by atoms with Crippen LogP contribution in [0.25, 0.3) is 11.4 Å². The van der Waals surface area contributed by atoms with Crippen LogP contribution < -0.4 is 14.2 Å². The second kappa shape index (κ2) is 8.01. The Hall–Kier alpha value is -2.63. The van der Waals surface area contributed by atoms with Gasteiger partial charge in [-0.1, -0.05) is 21.0 Å². The maximum Gasteiger partial charge on any atom is 0.337 e. The molecule has 2 aromatic carbocycles. The third-order valence-electron chi connectivity index (χ3n) is 4.05. The number of methoxy groups -OCH3 is 1. The average molecular weight is 482 g/mol. The highest BCUT2D eigenvalue weighted by Crippen LogP contribution is 2.36. The first-order valence-corrected chi connectivity index (χ1v) is 10.7. The summed E-state index contributed by atoms with van der Waals surface area (Å²) >= 11 is 3.30. The van der Waals surface area contributed by atoms with Gasteiger partial charge in [0.1, 0.15) is 6.61 Å². The van der Waals surface area contributed by atoms with E-state index in [2.05, 4.69) is 26.0 Å². The lowest BCUT2D eigenvalue weighted by Crippen LogP contribution is -2.16. The zero-order valence-electron chi connectivity index (χ0n) is 15.2. The predicted octanol–water partition coefficient (Wildman–Crippen LogP) is 2.70. The number of rotatable bonds is 7. The lowest BCUT2D eigenvalue weighted by atomic mass is 10.2. The average Bonchev–Trinajstić information content (AvgIpc) is 3.35. The quantitative estimate of drug-likeness (QED) is 0.474. The zero-order chi connectivity index (χ0) is 20.4. The van der Waals surface area contributed by atoms with Crippen LogP contribution in [0.5, 0.6) is 17.5 Å². The summed E-state index contributed by atoms with van der Waals surface area (Å²) < 4.78 is 49.1. The number of aromatic nitrogens is 3. The Morgan fingerprint density at radius 2 is 1.86 bits per heavy atom. The smallest absolute Gasteiger partial charge is 0.337 e. The molecule has 0 amide bonds. The van der Waals surface area contributed by atoms with Crippen LogP contribution in [-0.2, 0) is 14.8 Å². The first kappa shape index (κ1) is 19.7. The van der Waals surface area contributed by atoms with Gasteiger partial charge in [0.05, 0.1) is 11.5 Å². The summed E-state index contributed by atoms with van der Waals surface area (Å²) in [7, 11) is -2.49. The van der Waals surface area contributed by atoms with E-state index < -0.39 is 10.0 Å². The molecule has 3 aromatic rings. The van der Waals surface area contributed by atoms with E-state index in [1.807, 2.05) is 0 Å². The van der Waals surface area contributed by atoms with E-state index in [9.17, 15) is 8.42 Å². The van der Waals surface area contributed by atoms with E-state index in [4.69, 9.17) is 18.9 Å². The minimum Gasteiger partial charge on any atom is -0.460 e. The van der Waals surface area contributed by atoms with E-state index in [-0.39, 0.29) is 30.1 Å². The van der Waals surface area contributed by atoms with Crippen molar-refractivity contribution in [2.45, 2.75) is 4.90 Å². The van der Waals surface area contributed by atoms with Gasteiger partial charge in [-0.3, -0.25) is 0 Å². The Bertz CT molecular complexity index is 1130. The molecule has 152 valence electrons. The van der Waals surface area contributed by atoms with Crippen molar-refractivity contribution in [1.82, 2.24) is 14.2 Å². The molecule has 0 bridgehead atoms. The molecule has 1 aromatic heterocycles. The van der Waals surface area contributed by atoms with Crippen molar-refractivity contribution in [3.63, 3.8) is 0 Å². The standard InChI is InChI=1S/C18H16BrN3O6S/c1-25-8-9-26-18-20-17(12-2-7-15-16(10-12)28-11-27-15)22(21-18)29(23,24)14-5-3-13(19)4-6-14/h2-7,10H,8-9,11H2,1H3. The molecular formula is C18H16BrN3O6S. The van der Waals surface area contributed by atoms with Gasteiger partial charge in [-0.25, -0.2) is 0 Å². The van der Waals surface area contributed by atoms with Crippen molar-refractivity contribution in [3.05, 3.63) is 46.9 Å². The fraction of sp³-hybridized carbons (Fsp3) is 0.222. The SMILES string of the molecule is COCCOc1nc(-c2ccc3c(c2)OCO3)n(S(=O)(=O)c2ccc(Br)cc2)n1. The summed E-state index contributed by atoms with van der Waals surface area (Å²) in [5, 5.41) is 4.08. The Morgan fingerprint density at radius 3 is 2.62 bits per heavy atom. The molecule has 0 saturated carbocycles. The van der Waals surface area contributed by atoms with E-state index >= 15 is 0 Å². The Kier molecular flexibility index (Phi) is 5.43. The maximum absolute atomic E-state index is 13.2. The molecule has 11 heteroatoms. The van der Waals surface area contributed by atoms with Gasteiger partial charge in [0.15, 0.2) is 17.3 Å². The van der Waals surface area contributed by atoms with Gasteiger partial charge in [0.25, 0.3) is 10.0 Å². The van der Waals surface area contributed by atoms with E-state index in [1.165, 1.54) is 19.2 Å². The Morgan fingerprint density at radius 1 is 1.10 bits per heavy atom. The Labute approximate surface area is 175 Å². The number of nitrogens with zero attached hydrogens (tertiary/aromatic N) is 3. The van der Waals surface area contributed by atoms with Crippen molar-refractivity contribution >= 4 is 26.0 Å². The molecule has 4 rings (SSSR count). The number of ether oxygens (including phenoxy) is 4. The molecule has 0 saturated heterocycles. The summed E-state index contributed by atoms with van der Waals surface area (Å²) in [6.07, 6.45) is 0. The summed E-state index contributed by atoms with van der Waals surface area (Å²) in [5.41, 5.74) is 0.490. The largest absolute Gasteiger partial charge is 0.460 e. The van der Waals surface area contributed by atoms with Gasteiger partial charge in [-0.2, -0.15) is 13.4 Å². The van der Waals surface area contributed by atoms with Crippen LogP contribution in [0.3, 0.4) is 0 Å². The lowest BCUT2D eigenvalue weighted by Gasteiger charge is -2.08. The van der Waals surface area contributed by atoms with Gasteiger partial charge in [0.2, 0.25) is 6.79 Å². The molecular weight excluding hydrogens is 466 g/mol. The molecule has 1 aliphatic rings. The normalized spacial score (nSPS) is 12.9. The van der Waals surface area contributed by atoms with E-state index in [1.54, 1.807) is 30.3 Å². The Balaban J connectivity index is 1.80. The highest BCUT2D eigenvalue weighted by molar-refractivity contribution is 9.10. The topological polar surface area (TPSA) is 102 Å². The van der Waals surface area contributed by atoms with Crippen LogP contribution in [0.2, 0.25) is 0 Å². The van der Waals surface area contributed by atoms with Crippen LogP contribution in [0.15, 0.2) is 51.8 Å². The highest BCUT2D eigenvalue weighted by atomic mass is 79.9. The first-order chi connectivity index (χ1) is 14.0. The summed E-state index contributed by atoms with van der Waals surface area (Å²) in [4.78, 5) is 4.34. The van der Waals surface area contributed by atoms with Crippen molar-refractivity contribution in [2.75, 3.05) is 27.1 Å². The molecule has 0 atom stereocenters. The van der Waals surface area contributed by atoms with Gasteiger partial charge in [-0.05, 0) is 42.5 Å². The second-order valence-corrected chi connectivity index (χ2v) is 8.61. The predicted molar refractivity (Wildman–Crippen MR) is 106 cm³/mol. The monoisotopic (exact) mass is 481 g/mol. The fourth-order valence-corrected chi connectivity index (χ4v) is 4.14. The number of fused-ring (bicyclic) bond motifs is 1. The third kappa shape index (κ3) is 3.93.